The van der Waals surface area contributed by atoms with Crippen LogP contribution in [0, 0.1) is 5.92 Å². The van der Waals surface area contributed by atoms with Gasteiger partial charge in [0.2, 0.25) is 5.91 Å². The number of aromatic amines is 1. The fraction of sp³-hybridized carbons (Fsp3) is 0.250. The molecule has 53 heavy (non-hydrogen) atoms. The van der Waals surface area contributed by atoms with Gasteiger partial charge in [-0.2, -0.15) is 15.4 Å². The molecular weight excluding hydrogens is 674 g/mol. The summed E-state index contributed by atoms with van der Waals surface area (Å²) in [5.74, 6) is -1.01. The molecule has 13 heteroatoms. The Hall–Kier alpha value is -6.50. The number of carboxylic acid groups (broad SMARTS) is 2. The zero-order valence-corrected chi connectivity index (χ0v) is 28.8. The smallest absolute Gasteiger partial charge is 0.408 e. The van der Waals surface area contributed by atoms with E-state index in [1.54, 1.807) is 36.4 Å². The van der Waals surface area contributed by atoms with Crippen LogP contribution in [0.4, 0.5) is 21.0 Å². The van der Waals surface area contributed by atoms with Gasteiger partial charge in [0.1, 0.15) is 23.0 Å². The van der Waals surface area contributed by atoms with Gasteiger partial charge >= 0.3 is 12.2 Å². The Kier molecular flexibility index (Phi) is 9.89. The molecule has 0 bridgehead atoms. The van der Waals surface area contributed by atoms with Gasteiger partial charge in [0.15, 0.2) is 0 Å². The number of likely N-dealkylation sites (tertiary alicyclic amines) is 2. The summed E-state index contributed by atoms with van der Waals surface area (Å²) in [6, 6.07) is 32.8. The lowest BCUT2D eigenvalue weighted by atomic mass is 9.75. The van der Waals surface area contributed by atoms with E-state index in [-0.39, 0.29) is 30.7 Å². The minimum absolute atomic E-state index is 0.230. The van der Waals surface area contributed by atoms with Crippen molar-refractivity contribution in [3.8, 4) is 22.5 Å². The maximum absolute atomic E-state index is 14.5. The number of anilines is 2. The largest absolute Gasteiger partial charge is 0.465 e. The van der Waals surface area contributed by atoms with E-state index in [2.05, 4.69) is 26.0 Å². The zero-order chi connectivity index (χ0) is 37.0. The molecule has 0 saturated carbocycles. The van der Waals surface area contributed by atoms with E-state index in [1.165, 1.54) is 4.90 Å². The summed E-state index contributed by atoms with van der Waals surface area (Å²) in [6.45, 7) is 0.584. The molecule has 1 aromatic heterocycles. The van der Waals surface area contributed by atoms with Crippen LogP contribution in [0.15, 0.2) is 109 Å². The summed E-state index contributed by atoms with van der Waals surface area (Å²) >= 11 is 0. The molecule has 13 nitrogen and oxygen atoms in total. The molecule has 4 amide bonds. The molecule has 5 aromatic rings. The Bertz CT molecular complexity index is 2090. The summed E-state index contributed by atoms with van der Waals surface area (Å²) in [4.78, 5) is 54.0. The van der Waals surface area contributed by atoms with Gasteiger partial charge in [-0.15, -0.1) is 0 Å². The number of nitrogens with zero attached hydrogens (tertiary/aromatic N) is 4. The summed E-state index contributed by atoms with van der Waals surface area (Å²) in [5.41, 5.74) is 4.21. The van der Waals surface area contributed by atoms with Crippen molar-refractivity contribution in [2.24, 2.45) is 5.92 Å². The number of hydrogen-bond donors (Lipinski definition) is 5. The molecule has 3 atom stereocenters. The molecule has 2 saturated heterocycles. The quantitative estimate of drug-likeness (QED) is 0.111. The number of hydrogen-bond acceptors (Lipinski definition) is 6. The number of rotatable bonds is 10. The monoisotopic (exact) mass is 713 g/mol. The first-order chi connectivity index (χ1) is 25.7. The topological polar surface area (TPSA) is 181 Å². The van der Waals surface area contributed by atoms with Crippen LogP contribution in [0.1, 0.15) is 30.4 Å². The van der Waals surface area contributed by atoms with Crippen molar-refractivity contribution in [1.29, 1.82) is 0 Å². The molecule has 7 rings (SSSR count). The lowest BCUT2D eigenvalue weighted by Gasteiger charge is -2.40. The van der Waals surface area contributed by atoms with Crippen molar-refractivity contribution in [3.05, 3.63) is 120 Å². The lowest BCUT2D eigenvalue weighted by molar-refractivity contribution is -0.127. The Morgan fingerprint density at radius 3 is 1.83 bits per heavy atom. The first-order valence-electron chi connectivity index (χ1n) is 17.5. The zero-order valence-electron chi connectivity index (χ0n) is 28.8. The number of nitrogens with one attached hydrogen (secondary N) is 3. The average Bonchev–Trinajstić information content (AvgIpc) is 3.94. The van der Waals surface area contributed by atoms with Crippen LogP contribution in [0.5, 0.6) is 0 Å². The van der Waals surface area contributed by atoms with Crippen molar-refractivity contribution in [2.75, 3.05) is 23.7 Å². The highest BCUT2D eigenvalue weighted by Gasteiger charge is 2.56. The second kappa shape index (κ2) is 15.0. The van der Waals surface area contributed by atoms with E-state index < -0.39 is 23.8 Å². The molecule has 2 aliphatic rings. The third-order valence-electron chi connectivity index (χ3n) is 10.3. The number of carbonyl (C=O) groups is 4. The van der Waals surface area contributed by atoms with Crippen LogP contribution < -0.4 is 10.6 Å². The van der Waals surface area contributed by atoms with Crippen molar-refractivity contribution < 1.29 is 29.4 Å². The molecule has 270 valence electrons. The molecular formula is C40H39N7O6. The van der Waals surface area contributed by atoms with Gasteiger partial charge in [0.25, 0.3) is 5.91 Å². The van der Waals surface area contributed by atoms with Crippen LogP contribution in [0.3, 0.4) is 0 Å². The van der Waals surface area contributed by atoms with E-state index in [0.29, 0.717) is 55.0 Å². The van der Waals surface area contributed by atoms with Crippen LogP contribution in [0.25, 0.3) is 22.5 Å². The third-order valence-corrected chi connectivity index (χ3v) is 10.3. The highest BCUT2D eigenvalue weighted by Crippen LogP contribution is 2.41. The second-order valence-corrected chi connectivity index (χ2v) is 13.4. The van der Waals surface area contributed by atoms with Gasteiger partial charge in [-0.25, -0.2) is 9.59 Å². The highest BCUT2D eigenvalue weighted by atomic mass is 16.4. The average molecular weight is 714 g/mol. The summed E-state index contributed by atoms with van der Waals surface area (Å²) in [5, 5.41) is 37.1. The number of H-pyrrole nitrogens is 1. The Labute approximate surface area is 305 Å². The molecule has 5 N–H and O–H groups in total. The molecule has 2 aliphatic heterocycles. The molecule has 4 aromatic carbocycles. The molecule has 0 radical (unpaired) electrons. The van der Waals surface area contributed by atoms with Gasteiger partial charge in [0.05, 0.1) is 0 Å². The number of amides is 4. The van der Waals surface area contributed by atoms with Crippen LogP contribution in [0.2, 0.25) is 0 Å². The van der Waals surface area contributed by atoms with Crippen LogP contribution in [-0.2, 0) is 22.4 Å². The summed E-state index contributed by atoms with van der Waals surface area (Å²) in [7, 11) is 0. The Morgan fingerprint density at radius 1 is 0.698 bits per heavy atom. The van der Waals surface area contributed by atoms with Gasteiger partial charge < -0.3 is 20.8 Å². The van der Waals surface area contributed by atoms with Crippen molar-refractivity contribution in [3.63, 3.8) is 0 Å². The van der Waals surface area contributed by atoms with E-state index >= 15 is 0 Å². The van der Waals surface area contributed by atoms with E-state index in [0.717, 1.165) is 27.2 Å². The number of aromatic nitrogens is 3. The SMILES string of the molecule is O=C(Nc1ccc(-c2n[nH]nc2-c2ccc(NC(=O)[C@]3(Cc4ccccc4)C(Cc4ccccc4)CCN3C(=O)O)cc2)cc1)[C@@H]1CCCN1C(=O)O. The first kappa shape index (κ1) is 34.9. The predicted molar refractivity (Wildman–Crippen MR) is 198 cm³/mol. The van der Waals surface area contributed by atoms with Crippen molar-refractivity contribution in [1.82, 2.24) is 25.2 Å². The van der Waals surface area contributed by atoms with Gasteiger partial charge in [0, 0.05) is 42.0 Å². The van der Waals surface area contributed by atoms with Gasteiger partial charge in [-0.05, 0) is 67.0 Å². The molecule has 0 aliphatic carbocycles. The molecule has 1 unspecified atom stereocenters. The maximum atomic E-state index is 14.5. The van der Waals surface area contributed by atoms with E-state index in [4.69, 9.17) is 0 Å². The van der Waals surface area contributed by atoms with Crippen molar-refractivity contribution in [2.45, 2.75) is 43.7 Å². The van der Waals surface area contributed by atoms with Crippen LogP contribution >= 0.6 is 0 Å². The van der Waals surface area contributed by atoms with Gasteiger partial charge in [-0.3, -0.25) is 19.4 Å². The molecule has 3 heterocycles. The third kappa shape index (κ3) is 7.18. The first-order valence-corrected chi connectivity index (χ1v) is 17.5. The maximum Gasteiger partial charge on any atom is 0.408 e. The molecule has 2 fully saturated rings. The number of benzene rings is 4. The lowest BCUT2D eigenvalue weighted by Crippen LogP contribution is -2.60. The predicted octanol–water partition coefficient (Wildman–Crippen LogP) is 6.38. The highest BCUT2D eigenvalue weighted by molar-refractivity contribution is 6.01. The van der Waals surface area contributed by atoms with Crippen molar-refractivity contribution >= 4 is 35.4 Å². The Morgan fingerprint density at radius 2 is 1.26 bits per heavy atom. The fourth-order valence-corrected chi connectivity index (χ4v) is 7.70. The van der Waals surface area contributed by atoms with E-state index in [9.17, 15) is 29.4 Å². The van der Waals surface area contributed by atoms with Crippen LogP contribution in [-0.4, -0.2) is 84.1 Å². The summed E-state index contributed by atoms with van der Waals surface area (Å²) < 4.78 is 0. The summed E-state index contributed by atoms with van der Waals surface area (Å²) in [6.07, 6.45) is 0.208. The fourth-order valence-electron chi connectivity index (χ4n) is 7.70. The second-order valence-electron chi connectivity index (χ2n) is 13.4. The minimum Gasteiger partial charge on any atom is -0.465 e. The standard InChI is InChI=1S/C40H39N7O6/c48-36(33-12-7-22-46(33)38(50)51)41-31-17-13-28(14-18-31)34-35(44-45-43-34)29-15-19-32(20-16-29)42-37(49)40(25-27-10-5-2-6-11-27)30(21-23-47(40)39(52)53)24-26-8-3-1-4-9-26/h1-6,8-11,13-20,30,33H,7,12,21-25H2,(H,41,48)(H,42,49)(H,50,51)(H,52,53)(H,43,44,45)/t30?,33-,40-/m0/s1. The number of carbonyl (C=O) groups excluding carboxylic acids is 2. The van der Waals surface area contributed by atoms with E-state index in [1.807, 2.05) is 72.8 Å². The minimum atomic E-state index is -1.35. The Balaban J connectivity index is 1.10. The van der Waals surface area contributed by atoms with Gasteiger partial charge in [-0.1, -0.05) is 84.9 Å². The normalized spacial score (nSPS) is 19.5. The molecule has 0 spiro atoms.